The third-order valence-corrected chi connectivity index (χ3v) is 9.51. The lowest BCUT2D eigenvalue weighted by Crippen LogP contribution is -2.49. The van der Waals surface area contributed by atoms with E-state index in [2.05, 4.69) is 30.9 Å². The second-order valence-corrected chi connectivity index (χ2v) is 13.0. The molecule has 4 heterocycles. The molecule has 2 amide bonds. The molecule has 0 unspecified atom stereocenters. The molecule has 2 aliphatic heterocycles. The van der Waals surface area contributed by atoms with Gasteiger partial charge < -0.3 is 25.6 Å². The number of methoxy groups -OCH3 is 1. The van der Waals surface area contributed by atoms with Crippen molar-refractivity contribution in [2.24, 2.45) is 4.99 Å². The highest BCUT2D eigenvalue weighted by atomic mass is 19.4. The Labute approximate surface area is 287 Å². The number of aryl methyl sites for hydroxylation is 2. The van der Waals surface area contributed by atoms with E-state index in [0.717, 1.165) is 18.9 Å². The number of ether oxygens (including phenoxy) is 1. The predicted molar refractivity (Wildman–Crippen MR) is 178 cm³/mol. The smallest absolute Gasteiger partial charge is 0.383 e. The summed E-state index contributed by atoms with van der Waals surface area (Å²) in [6.45, 7) is 5.55. The van der Waals surface area contributed by atoms with Crippen molar-refractivity contribution in [2.45, 2.75) is 70.1 Å². The zero-order chi connectivity index (χ0) is 35.8. The van der Waals surface area contributed by atoms with E-state index in [0.29, 0.717) is 89.9 Å². The van der Waals surface area contributed by atoms with Crippen molar-refractivity contribution in [3.63, 3.8) is 0 Å². The van der Waals surface area contributed by atoms with Gasteiger partial charge in [0.05, 0.1) is 18.7 Å². The van der Waals surface area contributed by atoms with Gasteiger partial charge in [0.25, 0.3) is 5.91 Å². The van der Waals surface area contributed by atoms with Gasteiger partial charge in [-0.25, -0.2) is 19.3 Å². The Hall–Kier alpha value is -4.50. The lowest BCUT2D eigenvalue weighted by Gasteiger charge is -2.38. The Balaban J connectivity index is 1.30. The highest BCUT2D eigenvalue weighted by molar-refractivity contribution is 6.16. The molecule has 3 N–H and O–H groups in total. The number of hydrogen-bond donors (Lipinski definition) is 3. The number of amidine groups is 1. The lowest BCUT2D eigenvalue weighted by atomic mass is 9.87. The minimum absolute atomic E-state index is 0.0225. The molecule has 0 radical (unpaired) electrons. The van der Waals surface area contributed by atoms with Gasteiger partial charge in [0.2, 0.25) is 5.91 Å². The summed E-state index contributed by atoms with van der Waals surface area (Å²) in [4.78, 5) is 45.3. The number of aromatic nitrogens is 3. The molecule has 266 valence electrons. The summed E-state index contributed by atoms with van der Waals surface area (Å²) >= 11 is 0. The summed E-state index contributed by atoms with van der Waals surface area (Å²) in [6.07, 6.45) is -2.47. The number of halogens is 4. The van der Waals surface area contributed by atoms with Crippen LogP contribution in [0.5, 0.6) is 0 Å². The van der Waals surface area contributed by atoms with Crippen LogP contribution in [0.25, 0.3) is 11.1 Å². The minimum Gasteiger partial charge on any atom is -0.383 e. The third-order valence-electron chi connectivity index (χ3n) is 9.51. The van der Waals surface area contributed by atoms with Gasteiger partial charge >= 0.3 is 6.18 Å². The molecule has 3 aromatic rings. The van der Waals surface area contributed by atoms with Gasteiger partial charge in [-0.1, -0.05) is 0 Å². The van der Waals surface area contributed by atoms with E-state index in [1.54, 1.807) is 28.0 Å². The van der Waals surface area contributed by atoms with E-state index in [-0.39, 0.29) is 36.5 Å². The molecule has 6 rings (SSSR count). The predicted octanol–water partition coefficient (Wildman–Crippen LogP) is 4.13. The lowest BCUT2D eigenvalue weighted by molar-refractivity contribution is -0.141. The van der Waals surface area contributed by atoms with Crippen LogP contribution in [0.4, 0.5) is 23.2 Å². The quantitative estimate of drug-likeness (QED) is 0.202. The molecule has 15 heteroatoms. The zero-order valence-corrected chi connectivity index (χ0v) is 28.4. The first-order valence-electron chi connectivity index (χ1n) is 16.7. The van der Waals surface area contributed by atoms with E-state index in [1.165, 1.54) is 12.1 Å². The standard InChI is InChI=1S/C35H40F4N8O3/c1-19-30(20(2)43-28(42-19)17-29(48)40-3)22-15-25(36)24(18-41-11-14-50-4)26(16-22)47-12-9-34(10-13-47)33(49)45-32(46-34)23-7-8-27(35(37,38)39)44-31(23)21-5-6-21/h7-8,15-16,21,41H,5-6,9-14,17-18H2,1-4H3,(H,40,48)(H,45,46,49). The fourth-order valence-corrected chi connectivity index (χ4v) is 6.73. The van der Waals surface area contributed by atoms with Crippen LogP contribution in [0, 0.1) is 19.7 Å². The van der Waals surface area contributed by atoms with E-state index < -0.39 is 23.2 Å². The van der Waals surface area contributed by atoms with Crippen molar-refractivity contribution in [3.05, 3.63) is 69.8 Å². The first kappa shape index (κ1) is 35.3. The maximum absolute atomic E-state index is 16.1. The Bertz CT molecular complexity index is 1810. The van der Waals surface area contributed by atoms with Crippen molar-refractivity contribution in [1.82, 2.24) is 30.9 Å². The maximum Gasteiger partial charge on any atom is 0.433 e. The Morgan fingerprint density at radius 3 is 2.42 bits per heavy atom. The van der Waals surface area contributed by atoms with Crippen LogP contribution >= 0.6 is 0 Å². The molecule has 0 bridgehead atoms. The number of nitrogens with zero attached hydrogens (tertiary/aromatic N) is 5. The van der Waals surface area contributed by atoms with Gasteiger partial charge in [-0.3, -0.25) is 14.6 Å². The zero-order valence-electron chi connectivity index (χ0n) is 28.4. The summed E-state index contributed by atoms with van der Waals surface area (Å²) in [6, 6.07) is 5.66. The van der Waals surface area contributed by atoms with E-state index in [9.17, 15) is 22.8 Å². The van der Waals surface area contributed by atoms with Gasteiger partial charge in [-0.2, -0.15) is 13.2 Å². The largest absolute Gasteiger partial charge is 0.433 e. The average Bonchev–Trinajstić information content (AvgIpc) is 3.87. The van der Waals surface area contributed by atoms with Crippen LogP contribution in [-0.4, -0.2) is 78.5 Å². The first-order valence-corrected chi connectivity index (χ1v) is 16.7. The molecule has 11 nitrogen and oxygen atoms in total. The molecule has 1 saturated heterocycles. The third kappa shape index (κ3) is 7.20. The van der Waals surface area contributed by atoms with E-state index >= 15 is 4.39 Å². The number of aliphatic imine (C=N–C) groups is 1. The average molecular weight is 697 g/mol. The Kier molecular flexibility index (Phi) is 9.91. The Morgan fingerprint density at radius 2 is 1.80 bits per heavy atom. The number of benzene rings is 1. The number of carbonyl (C=O) groups is 2. The number of hydrogen-bond acceptors (Lipinski definition) is 9. The molecule has 0 atom stereocenters. The first-order chi connectivity index (χ1) is 23.8. The second-order valence-electron chi connectivity index (χ2n) is 13.0. The number of nitrogens with one attached hydrogen (secondary N) is 3. The number of rotatable bonds is 11. The number of anilines is 1. The van der Waals surface area contributed by atoms with E-state index in [4.69, 9.17) is 9.73 Å². The van der Waals surface area contributed by atoms with Crippen molar-refractivity contribution < 1.29 is 31.9 Å². The van der Waals surface area contributed by atoms with Crippen LogP contribution in [0.1, 0.15) is 71.3 Å². The number of pyridine rings is 1. The van der Waals surface area contributed by atoms with Gasteiger partial charge in [0, 0.05) is 80.0 Å². The fourth-order valence-electron chi connectivity index (χ4n) is 6.73. The number of alkyl halides is 3. The monoisotopic (exact) mass is 696 g/mol. The van der Waals surface area contributed by atoms with Crippen molar-refractivity contribution in [2.75, 3.05) is 45.3 Å². The van der Waals surface area contributed by atoms with Crippen LogP contribution < -0.4 is 20.9 Å². The molecule has 2 aromatic heterocycles. The molecule has 1 aromatic carbocycles. The van der Waals surface area contributed by atoms with Crippen LogP contribution in [0.3, 0.4) is 0 Å². The minimum atomic E-state index is -4.58. The van der Waals surface area contributed by atoms with Crippen LogP contribution in [0.2, 0.25) is 0 Å². The fraction of sp³-hybridized carbons (Fsp3) is 0.486. The molecule has 1 spiro atoms. The maximum atomic E-state index is 16.1. The number of likely N-dealkylation sites (N-methyl/N-ethyl adjacent to an activating group) is 1. The van der Waals surface area contributed by atoms with Gasteiger partial charge in [0.15, 0.2) is 0 Å². The highest BCUT2D eigenvalue weighted by Crippen LogP contribution is 2.43. The highest BCUT2D eigenvalue weighted by Gasteiger charge is 2.47. The normalized spacial score (nSPS) is 17.2. The second kappa shape index (κ2) is 14.0. The molecule has 1 aliphatic carbocycles. The molecular formula is C35H40F4N8O3. The number of carbonyl (C=O) groups excluding carboxylic acids is 2. The topological polar surface area (TPSA) is 134 Å². The molecule has 50 heavy (non-hydrogen) atoms. The van der Waals surface area contributed by atoms with E-state index in [1.807, 2.05) is 11.0 Å². The van der Waals surface area contributed by atoms with Gasteiger partial charge in [0.1, 0.15) is 28.7 Å². The van der Waals surface area contributed by atoms with Crippen LogP contribution in [0.15, 0.2) is 29.3 Å². The summed E-state index contributed by atoms with van der Waals surface area (Å²) < 4.78 is 61.6. The number of amides is 2. The molecule has 2 fully saturated rings. The summed E-state index contributed by atoms with van der Waals surface area (Å²) in [5, 5.41) is 8.64. The molecular weight excluding hydrogens is 656 g/mol. The number of piperidine rings is 1. The van der Waals surface area contributed by atoms with Crippen molar-refractivity contribution in [3.8, 4) is 11.1 Å². The van der Waals surface area contributed by atoms with Crippen molar-refractivity contribution >= 4 is 23.3 Å². The molecule has 3 aliphatic rings. The Morgan fingerprint density at radius 1 is 1.10 bits per heavy atom. The van der Waals surface area contributed by atoms with Crippen molar-refractivity contribution in [1.29, 1.82) is 0 Å². The summed E-state index contributed by atoms with van der Waals surface area (Å²) in [7, 11) is 3.13. The van der Waals surface area contributed by atoms with Crippen LogP contribution in [-0.2, 0) is 33.5 Å². The summed E-state index contributed by atoms with van der Waals surface area (Å²) in [5.41, 5.74) is 2.23. The van der Waals surface area contributed by atoms with Gasteiger partial charge in [-0.05, 0) is 69.4 Å². The van der Waals surface area contributed by atoms with Gasteiger partial charge in [-0.15, -0.1) is 0 Å². The summed E-state index contributed by atoms with van der Waals surface area (Å²) in [5.74, 6) is -0.436. The SMILES string of the molecule is CNC(=O)Cc1nc(C)c(-c2cc(F)c(CNCCOC)c(N3CCC4(CC3)N=C(c3ccc(C(F)(F)F)nc3C3CC3)NC4=O)c2)c(C)n1. The molecule has 1 saturated carbocycles.